The molecule has 2 saturated heterocycles. The topological polar surface area (TPSA) is 102 Å². The molecule has 6 rings (SSSR count). The highest BCUT2D eigenvalue weighted by molar-refractivity contribution is 8.26. The predicted molar refractivity (Wildman–Crippen MR) is 179 cm³/mol. The Balaban J connectivity index is 1.32. The Morgan fingerprint density at radius 1 is 1.04 bits per heavy atom. The second kappa shape index (κ2) is 13.6. The van der Waals surface area contributed by atoms with Gasteiger partial charge < -0.3 is 4.74 Å². The van der Waals surface area contributed by atoms with Crippen molar-refractivity contribution in [3.8, 4) is 16.9 Å². The molecule has 1 aliphatic carbocycles. The normalized spacial score (nSPS) is 19.8. The minimum atomic E-state index is -3.82. The number of sulfonamides is 1. The van der Waals surface area contributed by atoms with Gasteiger partial charge in [-0.2, -0.15) is 9.40 Å². The molecule has 0 unspecified atom stereocenters. The number of thiocarbonyl (C=S) groups is 1. The summed E-state index contributed by atoms with van der Waals surface area (Å²) in [6.45, 7) is 2.56. The molecular weight excluding hydrogens is 629 g/mol. The van der Waals surface area contributed by atoms with Crippen molar-refractivity contribution in [1.29, 1.82) is 0 Å². The Bertz CT molecular complexity index is 1720. The van der Waals surface area contributed by atoms with Crippen LogP contribution in [-0.2, 0) is 24.3 Å². The van der Waals surface area contributed by atoms with E-state index < -0.39 is 10.0 Å². The molecule has 2 aliphatic heterocycles. The van der Waals surface area contributed by atoms with Gasteiger partial charge in [0.05, 0.1) is 28.0 Å². The maximum absolute atomic E-state index is 13.7. The maximum atomic E-state index is 13.7. The zero-order chi connectivity index (χ0) is 31.6. The molecule has 0 N–H and O–H groups in total. The lowest BCUT2D eigenvalue weighted by Crippen LogP contribution is -2.40. The Morgan fingerprint density at radius 2 is 1.78 bits per heavy atom. The number of carbonyl (C=O) groups is 2. The number of esters is 1. The van der Waals surface area contributed by atoms with Crippen LogP contribution in [0.3, 0.4) is 0 Å². The molecule has 236 valence electrons. The highest BCUT2D eigenvalue weighted by atomic mass is 32.2. The van der Waals surface area contributed by atoms with Crippen molar-refractivity contribution in [2.75, 3.05) is 19.7 Å². The van der Waals surface area contributed by atoms with Crippen molar-refractivity contribution >= 4 is 56.3 Å². The SMILES string of the molecule is CCOC(=O)C1CCN(S(=O)(=O)c2cccc(-c3nn(-c4ccccc4)cc3C=C3SC(=S)N(C4CCCCC4)C3=O)c2)CC1. The monoisotopic (exact) mass is 664 g/mol. The van der Waals surface area contributed by atoms with Crippen molar-refractivity contribution in [2.24, 2.45) is 5.92 Å². The lowest BCUT2D eigenvalue weighted by Gasteiger charge is -2.30. The first-order valence-corrected chi connectivity index (χ1v) is 18.1. The molecule has 9 nitrogen and oxygen atoms in total. The molecular formula is C33H36N4O5S3. The third-order valence-corrected chi connectivity index (χ3v) is 11.9. The second-order valence-corrected chi connectivity index (χ2v) is 15.1. The van der Waals surface area contributed by atoms with Crippen LogP contribution >= 0.6 is 24.0 Å². The lowest BCUT2D eigenvalue weighted by atomic mass is 9.94. The van der Waals surface area contributed by atoms with E-state index in [1.807, 2.05) is 48.7 Å². The molecule has 45 heavy (non-hydrogen) atoms. The van der Waals surface area contributed by atoms with E-state index in [1.165, 1.54) is 22.5 Å². The average Bonchev–Trinajstić information content (AvgIpc) is 3.61. The Kier molecular flexibility index (Phi) is 9.55. The number of piperidine rings is 1. The number of amides is 1. The Labute approximate surface area is 273 Å². The summed E-state index contributed by atoms with van der Waals surface area (Å²) in [5.74, 6) is -0.648. The molecule has 1 aromatic heterocycles. The second-order valence-electron chi connectivity index (χ2n) is 11.5. The first-order chi connectivity index (χ1) is 21.8. The number of aromatic nitrogens is 2. The largest absolute Gasteiger partial charge is 0.466 e. The molecule has 3 aliphatic rings. The van der Waals surface area contributed by atoms with Crippen LogP contribution in [0.4, 0.5) is 0 Å². The third-order valence-electron chi connectivity index (χ3n) is 8.63. The smallest absolute Gasteiger partial charge is 0.309 e. The van der Waals surface area contributed by atoms with E-state index in [-0.39, 0.29) is 41.8 Å². The quantitative estimate of drug-likeness (QED) is 0.163. The zero-order valence-corrected chi connectivity index (χ0v) is 27.6. The molecule has 12 heteroatoms. The number of ether oxygens (including phenoxy) is 1. The van der Waals surface area contributed by atoms with Crippen LogP contribution < -0.4 is 0 Å². The number of hydrogen-bond donors (Lipinski definition) is 0. The van der Waals surface area contributed by atoms with Crippen LogP contribution in [0.2, 0.25) is 0 Å². The van der Waals surface area contributed by atoms with Gasteiger partial charge in [-0.3, -0.25) is 14.5 Å². The van der Waals surface area contributed by atoms with Gasteiger partial charge in [0.2, 0.25) is 10.0 Å². The highest BCUT2D eigenvalue weighted by Gasteiger charge is 2.38. The molecule has 0 spiro atoms. The number of carbonyl (C=O) groups excluding carboxylic acids is 2. The van der Waals surface area contributed by atoms with Crippen LogP contribution in [0.1, 0.15) is 57.4 Å². The summed E-state index contributed by atoms with van der Waals surface area (Å²) >= 11 is 6.97. The van der Waals surface area contributed by atoms with E-state index in [9.17, 15) is 18.0 Å². The fourth-order valence-electron chi connectivity index (χ4n) is 6.25. The lowest BCUT2D eigenvalue weighted by molar-refractivity contribution is -0.149. The molecule has 3 aromatic rings. The molecule has 1 saturated carbocycles. The molecule has 1 amide bonds. The Hall–Kier alpha value is -3.32. The van der Waals surface area contributed by atoms with E-state index in [0.717, 1.165) is 31.4 Å². The standard InChI is InChI=1S/C33H36N4O5S3/c1-2-42-32(39)23-16-18-35(19-17-23)45(40,41)28-15-9-10-24(20-28)30-25(22-36(34-30)26-11-5-3-6-12-26)21-29-31(38)37(33(43)44-29)27-13-7-4-8-14-27/h3,5-6,9-12,15,20-23,27H,2,4,7-8,13-14,16-19H2,1H3. The van der Waals surface area contributed by atoms with Gasteiger partial charge in [0, 0.05) is 36.5 Å². The first kappa shape index (κ1) is 31.7. The van der Waals surface area contributed by atoms with Gasteiger partial charge in [-0.1, -0.05) is 73.6 Å². The minimum Gasteiger partial charge on any atom is -0.466 e. The summed E-state index contributed by atoms with van der Waals surface area (Å²) in [4.78, 5) is 28.3. The summed E-state index contributed by atoms with van der Waals surface area (Å²) in [6, 6.07) is 16.5. The molecule has 0 radical (unpaired) electrons. The Morgan fingerprint density at radius 3 is 2.49 bits per heavy atom. The summed E-state index contributed by atoms with van der Waals surface area (Å²) in [5, 5.41) is 4.87. The fraction of sp³-hybridized carbons (Fsp3) is 0.394. The van der Waals surface area contributed by atoms with E-state index >= 15 is 0 Å². The summed E-state index contributed by atoms with van der Waals surface area (Å²) in [5.41, 5.74) is 2.69. The van der Waals surface area contributed by atoms with Gasteiger partial charge in [0.25, 0.3) is 5.91 Å². The van der Waals surface area contributed by atoms with Crippen LogP contribution in [0.25, 0.3) is 23.0 Å². The number of thioether (sulfide) groups is 1. The molecule has 0 atom stereocenters. The number of para-hydroxylation sites is 1. The molecule has 3 fully saturated rings. The average molecular weight is 665 g/mol. The highest BCUT2D eigenvalue weighted by Crippen LogP contribution is 2.39. The van der Waals surface area contributed by atoms with Crippen LogP contribution in [0.5, 0.6) is 0 Å². The minimum absolute atomic E-state index is 0.0853. The van der Waals surface area contributed by atoms with Gasteiger partial charge in [-0.25, -0.2) is 13.1 Å². The molecule has 3 heterocycles. The van der Waals surface area contributed by atoms with E-state index in [2.05, 4.69) is 0 Å². The predicted octanol–water partition coefficient (Wildman–Crippen LogP) is 6.04. The maximum Gasteiger partial charge on any atom is 0.309 e. The van der Waals surface area contributed by atoms with Crippen LogP contribution in [0.15, 0.2) is 70.6 Å². The van der Waals surface area contributed by atoms with Gasteiger partial charge in [0.15, 0.2) is 0 Å². The van der Waals surface area contributed by atoms with E-state index in [0.29, 0.717) is 45.5 Å². The van der Waals surface area contributed by atoms with E-state index in [1.54, 1.807) is 34.7 Å². The summed E-state index contributed by atoms with van der Waals surface area (Å²) < 4.78 is 36.4. The van der Waals surface area contributed by atoms with Crippen molar-refractivity contribution < 1.29 is 22.7 Å². The van der Waals surface area contributed by atoms with Gasteiger partial charge >= 0.3 is 5.97 Å². The summed E-state index contributed by atoms with van der Waals surface area (Å²) in [6.07, 6.45) is 9.81. The molecule has 0 bridgehead atoms. The number of hydrogen-bond acceptors (Lipinski definition) is 8. The van der Waals surface area contributed by atoms with Crippen LogP contribution in [-0.4, -0.2) is 69.3 Å². The van der Waals surface area contributed by atoms with Crippen molar-refractivity contribution in [2.45, 2.75) is 62.8 Å². The fourth-order valence-corrected chi connectivity index (χ4v) is 9.16. The third kappa shape index (κ3) is 6.65. The van der Waals surface area contributed by atoms with Crippen molar-refractivity contribution in [3.63, 3.8) is 0 Å². The van der Waals surface area contributed by atoms with Crippen molar-refractivity contribution in [1.82, 2.24) is 19.0 Å². The van der Waals surface area contributed by atoms with Gasteiger partial charge in [0.1, 0.15) is 10.0 Å². The van der Waals surface area contributed by atoms with Gasteiger partial charge in [-0.05, 0) is 62.9 Å². The summed E-state index contributed by atoms with van der Waals surface area (Å²) in [7, 11) is -3.82. The number of rotatable bonds is 8. The van der Waals surface area contributed by atoms with Crippen LogP contribution in [0, 0.1) is 5.92 Å². The molecule has 2 aromatic carbocycles. The number of nitrogens with zero attached hydrogens (tertiary/aromatic N) is 4. The first-order valence-electron chi connectivity index (χ1n) is 15.5. The van der Waals surface area contributed by atoms with Crippen molar-refractivity contribution in [3.05, 3.63) is 71.3 Å². The zero-order valence-electron chi connectivity index (χ0n) is 25.1. The van der Waals surface area contributed by atoms with E-state index in [4.69, 9.17) is 22.1 Å². The van der Waals surface area contributed by atoms with Gasteiger partial charge in [-0.15, -0.1) is 0 Å². The number of benzene rings is 2.